The van der Waals surface area contributed by atoms with E-state index in [0.29, 0.717) is 5.56 Å². The molecule has 4 heteroatoms. The second-order valence-electron chi connectivity index (χ2n) is 5.65. The summed E-state index contributed by atoms with van der Waals surface area (Å²) in [6, 6.07) is 25.6. The Balaban J connectivity index is 1.58. The lowest BCUT2D eigenvalue weighted by molar-refractivity contribution is 0.102. The van der Waals surface area contributed by atoms with Gasteiger partial charge in [-0.1, -0.05) is 48.2 Å². The van der Waals surface area contributed by atoms with Gasteiger partial charge in [0.15, 0.2) is 0 Å². The Labute approximate surface area is 150 Å². The molecule has 0 saturated heterocycles. The predicted octanol–water partition coefficient (Wildman–Crippen LogP) is 5.57. The average molecular weight is 344 g/mol. The number of fused-ring (bicyclic) bond motifs is 1. The van der Waals surface area contributed by atoms with Crippen LogP contribution < -0.4 is 5.32 Å². The van der Waals surface area contributed by atoms with Crippen molar-refractivity contribution in [3.8, 4) is 0 Å². The summed E-state index contributed by atoms with van der Waals surface area (Å²) in [4.78, 5) is 17.9. The van der Waals surface area contributed by atoms with E-state index >= 15 is 0 Å². The molecule has 0 saturated carbocycles. The van der Waals surface area contributed by atoms with Crippen LogP contribution >= 0.6 is 11.8 Å². The maximum absolute atomic E-state index is 12.7. The third-order valence-electron chi connectivity index (χ3n) is 3.92. The molecule has 1 heterocycles. The molecule has 3 nitrogen and oxygen atoms in total. The number of amides is 1. The number of benzene rings is 3. The van der Waals surface area contributed by atoms with Gasteiger partial charge in [-0.25, -0.2) is 0 Å². The van der Waals surface area contributed by atoms with Crippen LogP contribution in [-0.4, -0.2) is 10.9 Å². The van der Waals surface area contributed by atoms with Crippen molar-refractivity contribution < 1.29 is 4.79 Å². The normalized spacial score (nSPS) is 10.7. The lowest BCUT2D eigenvalue weighted by atomic mass is 10.1. The molecule has 4 aromatic rings. The van der Waals surface area contributed by atoms with E-state index in [1.165, 1.54) is 0 Å². The highest BCUT2D eigenvalue weighted by Crippen LogP contribution is 2.33. The van der Waals surface area contributed by atoms with Gasteiger partial charge in [-0.3, -0.25) is 4.79 Å². The average Bonchev–Trinajstić information content (AvgIpc) is 3.12. The first kappa shape index (κ1) is 15.5. The lowest BCUT2D eigenvalue weighted by Gasteiger charge is -2.11. The molecule has 0 aliphatic rings. The number of hydrogen-bond acceptors (Lipinski definition) is 2. The molecule has 1 amide bonds. The number of carbonyl (C=O) groups is 1. The number of hydrogen-bond donors (Lipinski definition) is 2. The lowest BCUT2D eigenvalue weighted by Crippen LogP contribution is -2.12. The summed E-state index contributed by atoms with van der Waals surface area (Å²) in [6.45, 7) is 0. The van der Waals surface area contributed by atoms with Gasteiger partial charge < -0.3 is 10.3 Å². The Bertz CT molecular complexity index is 1020. The molecule has 0 spiro atoms. The van der Waals surface area contributed by atoms with Crippen LogP contribution in [-0.2, 0) is 0 Å². The van der Waals surface area contributed by atoms with Crippen LogP contribution in [0.25, 0.3) is 10.9 Å². The minimum Gasteiger partial charge on any atom is -0.361 e. The zero-order valence-corrected chi connectivity index (χ0v) is 14.2. The Kier molecular flexibility index (Phi) is 4.27. The molecule has 122 valence electrons. The van der Waals surface area contributed by atoms with Gasteiger partial charge in [-0.05, 0) is 47.9 Å². The van der Waals surface area contributed by atoms with E-state index in [9.17, 15) is 4.79 Å². The molecule has 25 heavy (non-hydrogen) atoms. The van der Waals surface area contributed by atoms with Gasteiger partial charge in [0.25, 0.3) is 5.91 Å². The molecule has 1 aromatic heterocycles. The summed E-state index contributed by atoms with van der Waals surface area (Å²) < 4.78 is 0. The molecular weight excluding hydrogens is 328 g/mol. The monoisotopic (exact) mass is 344 g/mol. The van der Waals surface area contributed by atoms with Gasteiger partial charge >= 0.3 is 0 Å². The minimum absolute atomic E-state index is 0.113. The molecule has 0 unspecified atom stereocenters. The zero-order valence-electron chi connectivity index (χ0n) is 13.4. The summed E-state index contributed by atoms with van der Waals surface area (Å²) in [5.41, 5.74) is 2.40. The van der Waals surface area contributed by atoms with Crippen LogP contribution in [0.4, 0.5) is 5.69 Å². The molecule has 0 atom stereocenters. The summed E-state index contributed by atoms with van der Waals surface area (Å²) in [5.74, 6) is -0.113. The molecular formula is C21H16N2OS. The molecule has 0 fully saturated rings. The Morgan fingerprint density at radius 2 is 1.68 bits per heavy atom. The van der Waals surface area contributed by atoms with E-state index in [1.54, 1.807) is 11.8 Å². The molecule has 0 radical (unpaired) electrons. The fourth-order valence-electron chi connectivity index (χ4n) is 2.66. The van der Waals surface area contributed by atoms with Crippen LogP contribution in [0.15, 0.2) is 94.9 Å². The summed E-state index contributed by atoms with van der Waals surface area (Å²) in [5, 5.41) is 4.12. The molecule has 4 rings (SSSR count). The van der Waals surface area contributed by atoms with Crippen molar-refractivity contribution in [3.63, 3.8) is 0 Å². The predicted molar refractivity (Wildman–Crippen MR) is 103 cm³/mol. The van der Waals surface area contributed by atoms with Crippen LogP contribution in [0.2, 0.25) is 0 Å². The van der Waals surface area contributed by atoms with Crippen LogP contribution in [0.5, 0.6) is 0 Å². The van der Waals surface area contributed by atoms with E-state index in [1.807, 2.05) is 72.9 Å². The van der Waals surface area contributed by atoms with Crippen molar-refractivity contribution in [2.45, 2.75) is 9.79 Å². The van der Waals surface area contributed by atoms with E-state index in [2.05, 4.69) is 22.4 Å². The highest BCUT2D eigenvalue weighted by Gasteiger charge is 2.10. The molecule has 0 bridgehead atoms. The number of anilines is 1. The number of H-pyrrole nitrogens is 1. The van der Waals surface area contributed by atoms with Gasteiger partial charge in [0.1, 0.15) is 0 Å². The van der Waals surface area contributed by atoms with Gasteiger partial charge in [0.2, 0.25) is 0 Å². The first-order valence-electron chi connectivity index (χ1n) is 8.00. The van der Waals surface area contributed by atoms with Crippen LogP contribution in [0.3, 0.4) is 0 Å². The fraction of sp³-hybridized carbons (Fsp3) is 0. The summed E-state index contributed by atoms with van der Waals surface area (Å²) in [6.07, 6.45) is 1.87. The molecule has 3 aromatic carbocycles. The van der Waals surface area contributed by atoms with E-state index < -0.39 is 0 Å². The van der Waals surface area contributed by atoms with Gasteiger partial charge in [0.05, 0.1) is 5.69 Å². The molecule has 0 aliphatic heterocycles. The fourth-order valence-corrected chi connectivity index (χ4v) is 3.58. The zero-order chi connectivity index (χ0) is 17.1. The van der Waals surface area contributed by atoms with Crippen molar-refractivity contribution >= 4 is 34.3 Å². The number of aromatic nitrogens is 1. The van der Waals surface area contributed by atoms with Crippen molar-refractivity contribution in [1.29, 1.82) is 0 Å². The van der Waals surface area contributed by atoms with Crippen molar-refractivity contribution in [2.24, 2.45) is 0 Å². The maximum atomic E-state index is 12.7. The smallest absolute Gasteiger partial charge is 0.255 e. The van der Waals surface area contributed by atoms with E-state index in [0.717, 1.165) is 26.4 Å². The highest BCUT2D eigenvalue weighted by molar-refractivity contribution is 7.99. The summed E-state index contributed by atoms with van der Waals surface area (Å²) >= 11 is 1.63. The Hall–Kier alpha value is -2.98. The maximum Gasteiger partial charge on any atom is 0.255 e. The van der Waals surface area contributed by atoms with Crippen molar-refractivity contribution in [2.75, 3.05) is 5.32 Å². The molecule has 2 N–H and O–H groups in total. The number of rotatable bonds is 4. The second-order valence-corrected chi connectivity index (χ2v) is 6.76. The quantitative estimate of drug-likeness (QED) is 0.508. The number of para-hydroxylation sites is 1. The van der Waals surface area contributed by atoms with Gasteiger partial charge in [-0.15, -0.1) is 0 Å². The van der Waals surface area contributed by atoms with Crippen LogP contribution in [0, 0.1) is 0 Å². The van der Waals surface area contributed by atoms with E-state index in [-0.39, 0.29) is 5.91 Å². The number of nitrogens with one attached hydrogen (secondary N) is 2. The van der Waals surface area contributed by atoms with Crippen molar-refractivity contribution in [1.82, 2.24) is 4.98 Å². The minimum atomic E-state index is -0.113. The van der Waals surface area contributed by atoms with Crippen LogP contribution in [0.1, 0.15) is 10.4 Å². The number of carbonyl (C=O) groups excluding carboxylic acids is 1. The Morgan fingerprint density at radius 3 is 2.56 bits per heavy atom. The Morgan fingerprint density at radius 1 is 0.880 bits per heavy atom. The molecule has 0 aliphatic carbocycles. The first-order valence-corrected chi connectivity index (χ1v) is 8.82. The second kappa shape index (κ2) is 6.87. The highest BCUT2D eigenvalue weighted by atomic mass is 32.2. The standard InChI is InChI=1S/C21H16N2OS/c24-21(16-11-10-15-12-13-22-19(15)14-16)23-18-8-4-5-9-20(18)25-17-6-2-1-3-7-17/h1-14,22H,(H,23,24). The van der Waals surface area contributed by atoms with Gasteiger partial charge in [0, 0.05) is 27.1 Å². The third kappa shape index (κ3) is 3.44. The van der Waals surface area contributed by atoms with Gasteiger partial charge in [-0.2, -0.15) is 0 Å². The summed E-state index contributed by atoms with van der Waals surface area (Å²) in [7, 11) is 0. The van der Waals surface area contributed by atoms with Crippen molar-refractivity contribution in [3.05, 3.63) is 90.6 Å². The number of aromatic amines is 1. The topological polar surface area (TPSA) is 44.9 Å². The van der Waals surface area contributed by atoms with E-state index in [4.69, 9.17) is 0 Å². The first-order chi connectivity index (χ1) is 12.3. The third-order valence-corrected chi connectivity index (χ3v) is 5.01. The largest absolute Gasteiger partial charge is 0.361 e. The SMILES string of the molecule is O=C(Nc1ccccc1Sc1ccccc1)c1ccc2cc[nH]c2c1.